The van der Waals surface area contributed by atoms with Gasteiger partial charge in [-0.3, -0.25) is 0 Å². The molecule has 106 valence electrons. The summed E-state index contributed by atoms with van der Waals surface area (Å²) in [4.78, 5) is 0. The van der Waals surface area contributed by atoms with Gasteiger partial charge in [0, 0.05) is 16.1 Å². The van der Waals surface area contributed by atoms with Crippen molar-refractivity contribution in [1.29, 1.82) is 0 Å². The fourth-order valence-electron chi connectivity index (χ4n) is 2.39. The van der Waals surface area contributed by atoms with E-state index in [2.05, 4.69) is 15.4 Å². The Morgan fingerprint density at radius 3 is 2.23 bits per heavy atom. The maximum Gasteiger partial charge on any atom is 0.144 e. The lowest BCUT2D eigenvalue weighted by molar-refractivity contribution is 0.428. The van der Waals surface area contributed by atoms with E-state index in [0.29, 0.717) is 16.2 Å². The Morgan fingerprint density at radius 2 is 1.45 bits per heavy atom. The van der Waals surface area contributed by atoms with Crippen molar-refractivity contribution < 1.29 is 4.52 Å². The molecule has 0 bridgehead atoms. The van der Waals surface area contributed by atoms with Crippen molar-refractivity contribution in [1.82, 2.24) is 15.4 Å². The lowest BCUT2D eigenvalue weighted by Crippen LogP contribution is -1.93. The van der Waals surface area contributed by atoms with E-state index in [1.807, 2.05) is 54.6 Å². The van der Waals surface area contributed by atoms with Gasteiger partial charge in [-0.1, -0.05) is 59.2 Å². The lowest BCUT2D eigenvalue weighted by Gasteiger charge is -2.04. The number of hydrogen-bond donors (Lipinski definition) is 0. The number of halogens is 1. The predicted octanol–water partition coefficient (Wildman–Crippen LogP) is 4.61. The number of nitrogens with zero attached hydrogens (tertiary/aromatic N) is 3. The van der Waals surface area contributed by atoms with Crippen LogP contribution in [-0.2, 0) is 0 Å². The van der Waals surface area contributed by atoms with Crippen LogP contribution in [0.2, 0.25) is 5.02 Å². The van der Waals surface area contributed by atoms with Crippen LogP contribution in [0.25, 0.3) is 33.4 Å². The van der Waals surface area contributed by atoms with E-state index in [-0.39, 0.29) is 0 Å². The van der Waals surface area contributed by atoms with Gasteiger partial charge in [0.2, 0.25) is 0 Å². The molecular weight excluding hydrogens is 298 g/mol. The lowest BCUT2D eigenvalue weighted by atomic mass is 10.1. The Kier molecular flexibility index (Phi) is 3.09. The van der Waals surface area contributed by atoms with E-state index in [1.165, 1.54) is 0 Å². The Balaban J connectivity index is 1.93. The quantitative estimate of drug-likeness (QED) is 0.543. The first-order valence-corrected chi connectivity index (χ1v) is 7.13. The summed E-state index contributed by atoms with van der Waals surface area (Å²) in [5.41, 5.74) is 4.01. The highest BCUT2D eigenvalue weighted by Gasteiger charge is 2.15. The highest BCUT2D eigenvalue weighted by Crippen LogP contribution is 2.31. The standard InChI is InChI=1S/C17H10ClN3O/c18-13-8-6-12(7-9-13)16-17-14(10-22-21-17)15(19-20-16)11-4-2-1-3-5-11/h1-10H. The zero-order valence-corrected chi connectivity index (χ0v) is 12.2. The second kappa shape index (κ2) is 5.24. The molecular formula is C17H10ClN3O. The van der Waals surface area contributed by atoms with Crippen LogP contribution in [-0.4, -0.2) is 15.4 Å². The summed E-state index contributed by atoms with van der Waals surface area (Å²) in [7, 11) is 0. The minimum absolute atomic E-state index is 0.675. The number of rotatable bonds is 2. The summed E-state index contributed by atoms with van der Waals surface area (Å²) >= 11 is 5.93. The number of aromatic nitrogens is 3. The molecule has 0 unspecified atom stereocenters. The Morgan fingerprint density at radius 1 is 0.773 bits per heavy atom. The van der Waals surface area contributed by atoms with Crippen LogP contribution in [0, 0.1) is 0 Å². The molecule has 0 aliphatic rings. The molecule has 0 aliphatic heterocycles. The average molecular weight is 308 g/mol. The van der Waals surface area contributed by atoms with Gasteiger partial charge in [-0.05, 0) is 12.1 Å². The molecule has 0 radical (unpaired) electrons. The van der Waals surface area contributed by atoms with Gasteiger partial charge in [0.15, 0.2) is 0 Å². The molecule has 0 N–H and O–H groups in total. The fraction of sp³-hybridized carbons (Fsp3) is 0. The summed E-state index contributed by atoms with van der Waals surface area (Å²) in [6, 6.07) is 17.3. The smallest absolute Gasteiger partial charge is 0.144 e. The molecule has 0 saturated heterocycles. The largest absolute Gasteiger partial charge is 0.363 e. The second-order valence-electron chi connectivity index (χ2n) is 4.85. The van der Waals surface area contributed by atoms with Crippen molar-refractivity contribution in [2.24, 2.45) is 0 Å². The van der Waals surface area contributed by atoms with Crippen molar-refractivity contribution in [3.63, 3.8) is 0 Å². The third-order valence-electron chi connectivity index (χ3n) is 3.46. The van der Waals surface area contributed by atoms with Gasteiger partial charge < -0.3 is 4.52 Å². The van der Waals surface area contributed by atoms with Gasteiger partial charge >= 0.3 is 0 Å². The molecule has 4 rings (SSSR count). The van der Waals surface area contributed by atoms with Gasteiger partial charge in [0.25, 0.3) is 0 Å². The monoisotopic (exact) mass is 307 g/mol. The number of fused-ring (bicyclic) bond motifs is 1. The molecule has 2 aromatic carbocycles. The van der Waals surface area contributed by atoms with Crippen molar-refractivity contribution in [2.75, 3.05) is 0 Å². The topological polar surface area (TPSA) is 51.8 Å². The third-order valence-corrected chi connectivity index (χ3v) is 3.72. The molecule has 0 amide bonds. The summed E-state index contributed by atoms with van der Waals surface area (Å²) in [6.45, 7) is 0. The number of hydrogen-bond acceptors (Lipinski definition) is 4. The van der Waals surface area contributed by atoms with E-state index >= 15 is 0 Å². The van der Waals surface area contributed by atoms with Crippen LogP contribution >= 0.6 is 11.6 Å². The van der Waals surface area contributed by atoms with E-state index in [4.69, 9.17) is 16.1 Å². The minimum Gasteiger partial charge on any atom is -0.363 e. The highest BCUT2D eigenvalue weighted by molar-refractivity contribution is 6.30. The van der Waals surface area contributed by atoms with Crippen LogP contribution in [0.1, 0.15) is 0 Å². The molecule has 2 heterocycles. The van der Waals surface area contributed by atoms with Crippen LogP contribution in [0.15, 0.2) is 65.4 Å². The summed E-state index contributed by atoms with van der Waals surface area (Å²) < 4.78 is 5.16. The van der Waals surface area contributed by atoms with Crippen molar-refractivity contribution in [2.45, 2.75) is 0 Å². The first-order valence-electron chi connectivity index (χ1n) is 6.75. The van der Waals surface area contributed by atoms with Gasteiger partial charge in [-0.15, -0.1) is 10.2 Å². The third kappa shape index (κ3) is 2.14. The minimum atomic E-state index is 0.675. The molecule has 0 saturated carbocycles. The van der Waals surface area contributed by atoms with Crippen molar-refractivity contribution in [3.05, 3.63) is 65.9 Å². The summed E-state index contributed by atoms with van der Waals surface area (Å²) in [6.07, 6.45) is 1.60. The van der Waals surface area contributed by atoms with E-state index in [1.54, 1.807) is 6.26 Å². The zero-order chi connectivity index (χ0) is 14.9. The summed E-state index contributed by atoms with van der Waals surface area (Å²) in [5, 5.41) is 14.3. The molecule has 22 heavy (non-hydrogen) atoms. The molecule has 2 aromatic heterocycles. The fourth-order valence-corrected chi connectivity index (χ4v) is 2.51. The molecule has 0 fully saturated rings. The van der Waals surface area contributed by atoms with E-state index < -0.39 is 0 Å². The molecule has 4 aromatic rings. The first kappa shape index (κ1) is 13.0. The molecule has 0 atom stereocenters. The van der Waals surface area contributed by atoms with Gasteiger partial charge in [0.05, 0.1) is 5.39 Å². The normalized spacial score (nSPS) is 11.0. The molecule has 5 heteroatoms. The van der Waals surface area contributed by atoms with Crippen LogP contribution in [0.5, 0.6) is 0 Å². The molecule has 0 spiro atoms. The van der Waals surface area contributed by atoms with Gasteiger partial charge in [0.1, 0.15) is 23.2 Å². The Hall–Kier alpha value is -2.72. The van der Waals surface area contributed by atoms with Crippen LogP contribution < -0.4 is 0 Å². The van der Waals surface area contributed by atoms with Crippen molar-refractivity contribution in [3.8, 4) is 22.5 Å². The van der Waals surface area contributed by atoms with E-state index in [0.717, 1.165) is 22.2 Å². The van der Waals surface area contributed by atoms with Gasteiger partial charge in [-0.2, -0.15) is 0 Å². The Bertz CT molecular complexity index is 933. The maximum atomic E-state index is 5.93. The zero-order valence-electron chi connectivity index (χ0n) is 11.4. The second-order valence-corrected chi connectivity index (χ2v) is 5.28. The maximum absolute atomic E-state index is 5.93. The first-order chi connectivity index (χ1) is 10.8. The van der Waals surface area contributed by atoms with E-state index in [9.17, 15) is 0 Å². The Labute approximate surface area is 131 Å². The molecule has 4 nitrogen and oxygen atoms in total. The molecule has 0 aliphatic carbocycles. The van der Waals surface area contributed by atoms with Crippen molar-refractivity contribution >= 4 is 22.5 Å². The predicted molar refractivity (Wildman–Crippen MR) is 85.5 cm³/mol. The number of benzene rings is 2. The highest BCUT2D eigenvalue weighted by atomic mass is 35.5. The van der Waals surface area contributed by atoms with Crippen LogP contribution in [0.3, 0.4) is 0 Å². The van der Waals surface area contributed by atoms with Gasteiger partial charge in [-0.25, -0.2) is 0 Å². The summed E-state index contributed by atoms with van der Waals surface area (Å²) in [5.74, 6) is 0. The average Bonchev–Trinajstić information content (AvgIpc) is 3.05. The van der Waals surface area contributed by atoms with Crippen LogP contribution in [0.4, 0.5) is 0 Å². The SMILES string of the molecule is Clc1ccc(-c2nnc(-c3ccccc3)c3conc23)cc1.